The summed E-state index contributed by atoms with van der Waals surface area (Å²) in [6.45, 7) is 1.42. The predicted molar refractivity (Wildman–Crippen MR) is 69.9 cm³/mol. The number of carbonyl (C=O) groups excluding carboxylic acids is 1. The first-order valence-corrected chi connectivity index (χ1v) is 6.53. The molecule has 0 N–H and O–H groups in total. The first-order valence-electron chi connectivity index (χ1n) is 6.53. The van der Waals surface area contributed by atoms with Crippen molar-refractivity contribution in [1.29, 1.82) is 0 Å². The Kier molecular flexibility index (Phi) is 4.76. The SMILES string of the molecule is COc1ccc(CCC(=O)C2CCCOC2)cc1. The Bertz CT molecular complexity index is 377. The second-order valence-electron chi connectivity index (χ2n) is 4.73. The van der Waals surface area contributed by atoms with E-state index in [1.54, 1.807) is 7.11 Å². The molecule has 0 saturated carbocycles. The summed E-state index contributed by atoms with van der Waals surface area (Å²) >= 11 is 0. The normalized spacial score (nSPS) is 19.5. The number of hydrogen-bond donors (Lipinski definition) is 0. The van der Waals surface area contributed by atoms with Crippen molar-refractivity contribution in [2.75, 3.05) is 20.3 Å². The van der Waals surface area contributed by atoms with Crippen LogP contribution in [0, 0.1) is 5.92 Å². The van der Waals surface area contributed by atoms with Crippen LogP contribution in [0.4, 0.5) is 0 Å². The summed E-state index contributed by atoms with van der Waals surface area (Å²) in [5.41, 5.74) is 1.18. The zero-order valence-corrected chi connectivity index (χ0v) is 10.9. The highest BCUT2D eigenvalue weighted by molar-refractivity contribution is 5.81. The molecular formula is C15H20O3. The molecule has 1 aromatic rings. The fourth-order valence-corrected chi connectivity index (χ4v) is 2.26. The molecule has 98 valence electrons. The summed E-state index contributed by atoms with van der Waals surface area (Å²) in [7, 11) is 1.65. The van der Waals surface area contributed by atoms with Gasteiger partial charge in [-0.05, 0) is 37.0 Å². The third-order valence-corrected chi connectivity index (χ3v) is 3.43. The topological polar surface area (TPSA) is 35.5 Å². The molecule has 1 aliphatic heterocycles. The van der Waals surface area contributed by atoms with Crippen molar-refractivity contribution in [3.05, 3.63) is 29.8 Å². The second kappa shape index (κ2) is 6.55. The molecule has 2 rings (SSSR count). The van der Waals surface area contributed by atoms with Gasteiger partial charge in [0.2, 0.25) is 0 Å². The van der Waals surface area contributed by atoms with Crippen LogP contribution < -0.4 is 4.74 Å². The van der Waals surface area contributed by atoms with Gasteiger partial charge in [-0.15, -0.1) is 0 Å². The van der Waals surface area contributed by atoms with Crippen molar-refractivity contribution in [3.63, 3.8) is 0 Å². The number of benzene rings is 1. The Hall–Kier alpha value is -1.35. The van der Waals surface area contributed by atoms with Gasteiger partial charge in [-0.25, -0.2) is 0 Å². The van der Waals surface area contributed by atoms with Crippen LogP contribution in [0.3, 0.4) is 0 Å². The Labute approximate surface area is 108 Å². The lowest BCUT2D eigenvalue weighted by Crippen LogP contribution is -2.25. The summed E-state index contributed by atoms with van der Waals surface area (Å²) in [5, 5.41) is 0. The summed E-state index contributed by atoms with van der Waals surface area (Å²) in [6, 6.07) is 7.90. The van der Waals surface area contributed by atoms with Gasteiger partial charge in [0, 0.05) is 18.9 Å². The minimum Gasteiger partial charge on any atom is -0.497 e. The van der Waals surface area contributed by atoms with Crippen LogP contribution in [0.15, 0.2) is 24.3 Å². The maximum atomic E-state index is 12.0. The monoisotopic (exact) mass is 248 g/mol. The second-order valence-corrected chi connectivity index (χ2v) is 4.73. The smallest absolute Gasteiger partial charge is 0.138 e. The molecule has 0 radical (unpaired) electrons. The number of rotatable bonds is 5. The van der Waals surface area contributed by atoms with Crippen LogP contribution in [-0.2, 0) is 16.0 Å². The highest BCUT2D eigenvalue weighted by atomic mass is 16.5. The van der Waals surface area contributed by atoms with E-state index in [1.807, 2.05) is 24.3 Å². The summed E-state index contributed by atoms with van der Waals surface area (Å²) in [4.78, 5) is 12.0. The van der Waals surface area contributed by atoms with Crippen molar-refractivity contribution in [2.45, 2.75) is 25.7 Å². The van der Waals surface area contributed by atoms with Crippen molar-refractivity contribution in [3.8, 4) is 5.75 Å². The maximum absolute atomic E-state index is 12.0. The first kappa shape index (κ1) is 13.1. The molecule has 1 aromatic carbocycles. The Morgan fingerprint density at radius 3 is 2.78 bits per heavy atom. The molecule has 0 aliphatic carbocycles. The van der Waals surface area contributed by atoms with E-state index in [0.717, 1.165) is 31.6 Å². The van der Waals surface area contributed by atoms with E-state index in [1.165, 1.54) is 5.56 Å². The van der Waals surface area contributed by atoms with E-state index in [0.29, 0.717) is 18.8 Å². The fourth-order valence-electron chi connectivity index (χ4n) is 2.26. The molecule has 0 amide bonds. The van der Waals surface area contributed by atoms with Crippen molar-refractivity contribution in [2.24, 2.45) is 5.92 Å². The lowest BCUT2D eigenvalue weighted by molar-refractivity contribution is -0.126. The van der Waals surface area contributed by atoms with Gasteiger partial charge < -0.3 is 9.47 Å². The molecule has 1 saturated heterocycles. The van der Waals surface area contributed by atoms with Gasteiger partial charge in [0.15, 0.2) is 0 Å². The van der Waals surface area contributed by atoms with Crippen LogP contribution >= 0.6 is 0 Å². The van der Waals surface area contributed by atoms with E-state index in [-0.39, 0.29) is 5.92 Å². The number of methoxy groups -OCH3 is 1. The highest BCUT2D eigenvalue weighted by Crippen LogP contribution is 2.18. The average molecular weight is 248 g/mol. The van der Waals surface area contributed by atoms with Gasteiger partial charge in [0.25, 0.3) is 0 Å². The van der Waals surface area contributed by atoms with Gasteiger partial charge >= 0.3 is 0 Å². The van der Waals surface area contributed by atoms with E-state index in [9.17, 15) is 4.79 Å². The largest absolute Gasteiger partial charge is 0.497 e. The van der Waals surface area contributed by atoms with Crippen molar-refractivity contribution in [1.82, 2.24) is 0 Å². The summed E-state index contributed by atoms with van der Waals surface area (Å²) in [6.07, 6.45) is 3.42. The van der Waals surface area contributed by atoms with Crippen molar-refractivity contribution >= 4 is 5.78 Å². The molecule has 0 spiro atoms. The summed E-state index contributed by atoms with van der Waals surface area (Å²) < 4.78 is 10.5. The molecule has 1 heterocycles. The van der Waals surface area contributed by atoms with Crippen LogP contribution in [-0.4, -0.2) is 26.1 Å². The quantitative estimate of drug-likeness (QED) is 0.803. The van der Waals surface area contributed by atoms with E-state index < -0.39 is 0 Å². The average Bonchev–Trinajstić information content (AvgIpc) is 2.46. The lowest BCUT2D eigenvalue weighted by Gasteiger charge is -2.20. The lowest BCUT2D eigenvalue weighted by atomic mass is 9.93. The summed E-state index contributed by atoms with van der Waals surface area (Å²) in [5.74, 6) is 1.31. The first-order chi connectivity index (χ1) is 8.79. The number of Topliss-reactive ketones (excluding diaryl/α,β-unsaturated/α-hetero) is 1. The van der Waals surface area contributed by atoms with E-state index in [4.69, 9.17) is 9.47 Å². The van der Waals surface area contributed by atoms with Gasteiger partial charge in [0.1, 0.15) is 11.5 Å². The van der Waals surface area contributed by atoms with Crippen LogP contribution in [0.2, 0.25) is 0 Å². The van der Waals surface area contributed by atoms with Gasteiger partial charge in [0.05, 0.1) is 13.7 Å². The molecule has 1 fully saturated rings. The molecule has 3 heteroatoms. The number of hydrogen-bond acceptors (Lipinski definition) is 3. The Morgan fingerprint density at radius 2 is 2.17 bits per heavy atom. The van der Waals surface area contributed by atoms with Gasteiger partial charge in [-0.3, -0.25) is 4.79 Å². The van der Waals surface area contributed by atoms with Gasteiger partial charge in [-0.1, -0.05) is 12.1 Å². The minimum atomic E-state index is 0.122. The molecule has 0 bridgehead atoms. The molecule has 18 heavy (non-hydrogen) atoms. The predicted octanol–water partition coefficient (Wildman–Crippen LogP) is 2.62. The van der Waals surface area contributed by atoms with Crippen LogP contribution in [0.25, 0.3) is 0 Å². The minimum absolute atomic E-state index is 0.122. The molecule has 1 unspecified atom stereocenters. The number of carbonyl (C=O) groups is 1. The Balaban J connectivity index is 1.80. The van der Waals surface area contributed by atoms with E-state index >= 15 is 0 Å². The van der Waals surface area contributed by atoms with Crippen molar-refractivity contribution < 1.29 is 14.3 Å². The number of ketones is 1. The fraction of sp³-hybridized carbons (Fsp3) is 0.533. The third kappa shape index (κ3) is 3.57. The maximum Gasteiger partial charge on any atom is 0.138 e. The molecule has 1 aliphatic rings. The Morgan fingerprint density at radius 1 is 1.39 bits per heavy atom. The molecule has 0 aromatic heterocycles. The molecular weight excluding hydrogens is 228 g/mol. The van der Waals surface area contributed by atoms with Crippen LogP contribution in [0.1, 0.15) is 24.8 Å². The standard InChI is InChI=1S/C15H20O3/c1-17-14-7-4-12(5-8-14)6-9-15(16)13-3-2-10-18-11-13/h4-5,7-8,13H,2-3,6,9-11H2,1H3. The van der Waals surface area contributed by atoms with Gasteiger partial charge in [-0.2, -0.15) is 0 Å². The molecule has 1 atom stereocenters. The number of aryl methyl sites for hydroxylation is 1. The highest BCUT2D eigenvalue weighted by Gasteiger charge is 2.21. The zero-order chi connectivity index (χ0) is 12.8. The molecule has 3 nitrogen and oxygen atoms in total. The van der Waals surface area contributed by atoms with Crippen LogP contribution in [0.5, 0.6) is 5.75 Å². The van der Waals surface area contributed by atoms with E-state index in [2.05, 4.69) is 0 Å². The zero-order valence-electron chi connectivity index (χ0n) is 10.9. The third-order valence-electron chi connectivity index (χ3n) is 3.43. The number of ether oxygens (including phenoxy) is 2.